The largest absolute Gasteiger partial charge is 0.326 e. The molecule has 0 saturated heterocycles. The number of fused-ring (bicyclic) bond motifs is 1. The van der Waals surface area contributed by atoms with Crippen LogP contribution in [0.5, 0.6) is 0 Å². The van der Waals surface area contributed by atoms with E-state index in [9.17, 15) is 18.8 Å². The lowest BCUT2D eigenvalue weighted by Crippen LogP contribution is -2.52. The molecule has 2 N–H and O–H groups in total. The molecule has 3 aromatic rings. The molecule has 0 aromatic heterocycles. The minimum atomic E-state index is -1.04. The molecule has 6 nitrogen and oxygen atoms in total. The van der Waals surface area contributed by atoms with Crippen LogP contribution in [0.1, 0.15) is 12.0 Å². The first kappa shape index (κ1) is 21.0. The Labute approximate surface area is 184 Å². The zero-order chi connectivity index (χ0) is 22.5. The van der Waals surface area contributed by atoms with E-state index in [0.717, 1.165) is 5.56 Å². The molecule has 0 saturated carbocycles. The topological polar surface area (TPSA) is 78.5 Å². The maximum Gasteiger partial charge on any atom is 0.251 e. The summed E-state index contributed by atoms with van der Waals surface area (Å²) in [7, 11) is 0. The predicted octanol–water partition coefficient (Wildman–Crippen LogP) is 4.22. The van der Waals surface area contributed by atoms with Gasteiger partial charge in [0.15, 0.2) is 0 Å². The van der Waals surface area contributed by atoms with Gasteiger partial charge in [-0.1, -0.05) is 42.5 Å². The highest BCUT2D eigenvalue weighted by atomic mass is 19.1. The average molecular weight is 429 g/mol. The summed E-state index contributed by atoms with van der Waals surface area (Å²) in [5.74, 6) is -1.77. The van der Waals surface area contributed by atoms with Crippen molar-refractivity contribution in [2.45, 2.75) is 12.5 Å². The fourth-order valence-electron chi connectivity index (χ4n) is 3.48. The van der Waals surface area contributed by atoms with E-state index in [1.54, 1.807) is 30.3 Å². The third-order valence-electron chi connectivity index (χ3n) is 5.00. The van der Waals surface area contributed by atoms with Crippen LogP contribution >= 0.6 is 0 Å². The van der Waals surface area contributed by atoms with Crippen molar-refractivity contribution in [2.75, 3.05) is 15.5 Å². The Morgan fingerprint density at radius 1 is 0.969 bits per heavy atom. The van der Waals surface area contributed by atoms with Crippen molar-refractivity contribution in [3.05, 3.63) is 96.3 Å². The van der Waals surface area contributed by atoms with Crippen LogP contribution in [0, 0.1) is 5.82 Å². The fraction of sp³-hybridized carbons (Fsp3) is 0.0800. The van der Waals surface area contributed by atoms with E-state index in [0.29, 0.717) is 17.1 Å². The normalized spacial score (nSPS) is 15.2. The van der Waals surface area contributed by atoms with Crippen LogP contribution < -0.4 is 15.5 Å². The minimum absolute atomic E-state index is 0.261. The highest BCUT2D eigenvalue weighted by molar-refractivity contribution is 6.16. The molecule has 0 aliphatic carbocycles. The molecule has 1 aliphatic rings. The van der Waals surface area contributed by atoms with E-state index in [4.69, 9.17) is 0 Å². The maximum atomic E-state index is 13.2. The van der Waals surface area contributed by atoms with Gasteiger partial charge in [-0.25, -0.2) is 4.39 Å². The zero-order valence-corrected chi connectivity index (χ0v) is 17.0. The summed E-state index contributed by atoms with van der Waals surface area (Å²) in [4.78, 5) is 39.9. The van der Waals surface area contributed by atoms with Crippen LogP contribution in [0.15, 0.2) is 84.9 Å². The Hall–Kier alpha value is -4.26. The summed E-state index contributed by atoms with van der Waals surface area (Å²) >= 11 is 0. The van der Waals surface area contributed by atoms with Crippen LogP contribution in [-0.4, -0.2) is 23.8 Å². The van der Waals surface area contributed by atoms with Crippen molar-refractivity contribution in [1.29, 1.82) is 0 Å². The smallest absolute Gasteiger partial charge is 0.251 e. The quantitative estimate of drug-likeness (QED) is 0.596. The highest BCUT2D eigenvalue weighted by Crippen LogP contribution is 2.33. The maximum absolute atomic E-state index is 13.2. The summed E-state index contributed by atoms with van der Waals surface area (Å²) in [6, 6.07) is 20.5. The van der Waals surface area contributed by atoms with Crippen LogP contribution in [-0.2, 0) is 14.4 Å². The molecule has 32 heavy (non-hydrogen) atoms. The monoisotopic (exact) mass is 429 g/mol. The van der Waals surface area contributed by atoms with Crippen molar-refractivity contribution in [2.24, 2.45) is 0 Å². The molecule has 3 amide bonds. The molecule has 1 heterocycles. The first-order chi connectivity index (χ1) is 15.5. The lowest BCUT2D eigenvalue weighted by Gasteiger charge is -2.35. The van der Waals surface area contributed by atoms with Crippen LogP contribution in [0.25, 0.3) is 6.08 Å². The number of amides is 3. The van der Waals surface area contributed by atoms with Gasteiger partial charge in [-0.15, -0.1) is 0 Å². The number of carbonyl (C=O) groups is 3. The van der Waals surface area contributed by atoms with Crippen LogP contribution in [0.3, 0.4) is 0 Å². The van der Waals surface area contributed by atoms with Gasteiger partial charge in [0.2, 0.25) is 11.8 Å². The Bertz CT molecular complexity index is 1180. The van der Waals surface area contributed by atoms with E-state index in [1.165, 1.54) is 35.2 Å². The van der Waals surface area contributed by atoms with E-state index in [-0.39, 0.29) is 6.42 Å². The van der Waals surface area contributed by atoms with Gasteiger partial charge in [-0.3, -0.25) is 19.3 Å². The number of hydrogen-bond donors (Lipinski definition) is 2. The number of carbonyl (C=O) groups excluding carboxylic acids is 3. The van der Waals surface area contributed by atoms with Crippen LogP contribution in [0.2, 0.25) is 0 Å². The molecule has 0 radical (unpaired) electrons. The number of para-hydroxylation sites is 2. The third-order valence-corrected chi connectivity index (χ3v) is 5.00. The molecule has 0 unspecified atom stereocenters. The second-order valence-electron chi connectivity index (χ2n) is 7.23. The van der Waals surface area contributed by atoms with Crippen molar-refractivity contribution in [3.63, 3.8) is 0 Å². The predicted molar refractivity (Wildman–Crippen MR) is 121 cm³/mol. The summed E-state index contributed by atoms with van der Waals surface area (Å²) in [6.07, 6.45) is 2.78. The molecule has 4 rings (SSSR count). The Balaban J connectivity index is 1.59. The standard InChI is InChI=1S/C25H20FN3O3/c26-18-11-13-19(14-12-18)27-23(30)16-22-25(32)28-20-8-4-5-9-21(20)29(22)24(31)15-10-17-6-2-1-3-7-17/h1-15,22H,16H2,(H,27,30)(H,28,32)/b15-10+/t22-/m0/s1. The fourth-order valence-corrected chi connectivity index (χ4v) is 3.48. The molecular formula is C25H20FN3O3. The number of nitrogens with zero attached hydrogens (tertiary/aromatic N) is 1. The minimum Gasteiger partial charge on any atom is -0.326 e. The van der Waals surface area contributed by atoms with Gasteiger partial charge < -0.3 is 10.6 Å². The second kappa shape index (κ2) is 9.26. The van der Waals surface area contributed by atoms with E-state index in [1.807, 2.05) is 30.3 Å². The molecule has 1 aliphatic heterocycles. The summed E-state index contributed by atoms with van der Waals surface area (Å²) in [5, 5.41) is 5.40. The van der Waals surface area contributed by atoms with E-state index >= 15 is 0 Å². The first-order valence-corrected chi connectivity index (χ1v) is 10.0. The Morgan fingerprint density at radius 2 is 1.66 bits per heavy atom. The number of benzene rings is 3. The molecule has 1 atom stereocenters. The highest BCUT2D eigenvalue weighted by Gasteiger charge is 2.37. The van der Waals surface area contributed by atoms with Gasteiger partial charge in [-0.05, 0) is 48.0 Å². The first-order valence-electron chi connectivity index (χ1n) is 10.0. The number of anilines is 3. The van der Waals surface area contributed by atoms with E-state index in [2.05, 4.69) is 10.6 Å². The van der Waals surface area contributed by atoms with Gasteiger partial charge in [-0.2, -0.15) is 0 Å². The molecule has 160 valence electrons. The van der Waals surface area contributed by atoms with Gasteiger partial charge in [0, 0.05) is 11.8 Å². The van der Waals surface area contributed by atoms with Crippen LogP contribution in [0.4, 0.5) is 21.5 Å². The van der Waals surface area contributed by atoms with Crippen molar-refractivity contribution < 1.29 is 18.8 Å². The molecular weight excluding hydrogens is 409 g/mol. The average Bonchev–Trinajstić information content (AvgIpc) is 2.80. The van der Waals surface area contributed by atoms with Gasteiger partial charge >= 0.3 is 0 Å². The number of halogens is 1. The Morgan fingerprint density at radius 3 is 2.41 bits per heavy atom. The SMILES string of the molecule is O=C(C[C@H]1C(=O)Nc2ccccc2N1C(=O)/C=C/c1ccccc1)Nc1ccc(F)cc1. The molecule has 3 aromatic carbocycles. The van der Waals surface area contributed by atoms with Gasteiger partial charge in [0.1, 0.15) is 11.9 Å². The van der Waals surface area contributed by atoms with Crippen molar-refractivity contribution >= 4 is 40.9 Å². The van der Waals surface area contributed by atoms with Crippen molar-refractivity contribution in [3.8, 4) is 0 Å². The Kier molecular flexibility index (Phi) is 6.07. The molecule has 0 spiro atoms. The zero-order valence-electron chi connectivity index (χ0n) is 17.0. The lowest BCUT2D eigenvalue weighted by atomic mass is 10.0. The summed E-state index contributed by atoms with van der Waals surface area (Å²) < 4.78 is 13.1. The second-order valence-corrected chi connectivity index (χ2v) is 7.23. The summed E-state index contributed by atoms with van der Waals surface area (Å²) in [6.45, 7) is 0. The van der Waals surface area contributed by atoms with Gasteiger partial charge in [0.05, 0.1) is 17.8 Å². The van der Waals surface area contributed by atoms with E-state index < -0.39 is 29.6 Å². The van der Waals surface area contributed by atoms with Gasteiger partial charge in [0.25, 0.3) is 5.91 Å². The third kappa shape index (κ3) is 4.73. The number of rotatable bonds is 5. The number of hydrogen-bond acceptors (Lipinski definition) is 3. The molecule has 0 bridgehead atoms. The summed E-state index contributed by atoms with van der Waals surface area (Å²) in [5.41, 5.74) is 2.24. The number of nitrogens with one attached hydrogen (secondary N) is 2. The van der Waals surface area contributed by atoms with Crippen molar-refractivity contribution in [1.82, 2.24) is 0 Å². The molecule has 7 heteroatoms. The lowest BCUT2D eigenvalue weighted by molar-refractivity contribution is -0.124. The molecule has 0 fully saturated rings.